The Bertz CT molecular complexity index is 421. The van der Waals surface area contributed by atoms with E-state index >= 15 is 0 Å². The monoisotopic (exact) mass is 280 g/mol. The summed E-state index contributed by atoms with van der Waals surface area (Å²) >= 11 is 3.42. The largest absolute Gasteiger partial charge is 0.259 e. The van der Waals surface area contributed by atoms with Gasteiger partial charge in [-0.25, -0.2) is 4.79 Å². The van der Waals surface area contributed by atoms with Crippen molar-refractivity contribution >= 4 is 22.0 Å². The first-order valence-electron chi connectivity index (χ1n) is 5.48. The van der Waals surface area contributed by atoms with Gasteiger partial charge in [-0.2, -0.15) is 4.99 Å². The minimum Gasteiger partial charge on any atom is -0.259 e. The molecule has 1 aromatic rings. The van der Waals surface area contributed by atoms with Gasteiger partial charge in [0.25, 0.3) is 0 Å². The average molecular weight is 281 g/mol. The topological polar surface area (TPSA) is 42.3 Å². The first-order valence-corrected chi connectivity index (χ1v) is 6.27. The van der Waals surface area contributed by atoms with E-state index in [1.807, 2.05) is 12.1 Å². The Morgan fingerprint density at radius 1 is 1.38 bits per heavy atom. The highest BCUT2D eigenvalue weighted by Crippen LogP contribution is 2.39. The molecule has 0 unspecified atom stereocenters. The lowest BCUT2D eigenvalue weighted by molar-refractivity contribution is 0.296. The van der Waals surface area contributed by atoms with E-state index in [4.69, 9.17) is 0 Å². The molecule has 0 atom stereocenters. The van der Waals surface area contributed by atoms with Gasteiger partial charge in [-0.15, -0.1) is 0 Å². The van der Waals surface area contributed by atoms with Gasteiger partial charge in [0.05, 0.1) is 5.69 Å². The van der Waals surface area contributed by atoms with Gasteiger partial charge in [-0.05, 0) is 25.0 Å². The fourth-order valence-corrected chi connectivity index (χ4v) is 2.64. The normalized spacial score (nSPS) is 18.8. The van der Waals surface area contributed by atoms with Gasteiger partial charge in [0.1, 0.15) is 5.54 Å². The molecular formula is C12H13BrN2O. The number of halogens is 1. The molecule has 1 aliphatic carbocycles. The van der Waals surface area contributed by atoms with Crippen LogP contribution in [0.15, 0.2) is 27.8 Å². The van der Waals surface area contributed by atoms with Gasteiger partial charge >= 0.3 is 0 Å². The molecule has 2 rings (SSSR count). The zero-order chi connectivity index (χ0) is 11.4. The molecular weight excluding hydrogens is 268 g/mol. The molecule has 1 aromatic heterocycles. The van der Waals surface area contributed by atoms with E-state index in [1.165, 1.54) is 6.42 Å². The number of aliphatic imine (C=N–C) groups is 1. The zero-order valence-corrected chi connectivity index (χ0v) is 10.5. The summed E-state index contributed by atoms with van der Waals surface area (Å²) in [7, 11) is 0. The third kappa shape index (κ3) is 2.23. The second-order valence-electron chi connectivity index (χ2n) is 4.15. The van der Waals surface area contributed by atoms with Crippen LogP contribution in [0.3, 0.4) is 0 Å². The second kappa shape index (κ2) is 4.89. The molecule has 0 saturated heterocycles. The number of pyridine rings is 1. The number of nitrogens with zero attached hydrogens (tertiary/aromatic N) is 2. The van der Waals surface area contributed by atoms with Gasteiger partial charge in [0.15, 0.2) is 0 Å². The van der Waals surface area contributed by atoms with Crippen molar-refractivity contribution in [3.63, 3.8) is 0 Å². The van der Waals surface area contributed by atoms with Crippen LogP contribution in [0, 0.1) is 0 Å². The SMILES string of the molecule is O=C=NC1(c2cc(Br)ccn2)CCCCC1. The highest BCUT2D eigenvalue weighted by atomic mass is 79.9. The summed E-state index contributed by atoms with van der Waals surface area (Å²) in [5.41, 5.74) is 0.453. The van der Waals surface area contributed by atoms with Crippen LogP contribution in [0.25, 0.3) is 0 Å². The van der Waals surface area contributed by atoms with Crippen molar-refractivity contribution in [1.29, 1.82) is 0 Å². The summed E-state index contributed by atoms with van der Waals surface area (Å²) in [4.78, 5) is 19.0. The number of hydrogen-bond acceptors (Lipinski definition) is 3. The van der Waals surface area contributed by atoms with E-state index in [0.29, 0.717) is 0 Å². The minimum absolute atomic E-state index is 0.427. The van der Waals surface area contributed by atoms with Crippen LogP contribution in [0.2, 0.25) is 0 Å². The lowest BCUT2D eigenvalue weighted by Gasteiger charge is -2.31. The van der Waals surface area contributed by atoms with Crippen LogP contribution in [0.1, 0.15) is 37.8 Å². The van der Waals surface area contributed by atoms with Crippen LogP contribution in [-0.4, -0.2) is 11.1 Å². The summed E-state index contributed by atoms with van der Waals surface area (Å²) < 4.78 is 0.976. The van der Waals surface area contributed by atoms with Crippen molar-refractivity contribution in [2.45, 2.75) is 37.6 Å². The van der Waals surface area contributed by atoms with Crippen molar-refractivity contribution < 1.29 is 4.79 Å². The summed E-state index contributed by atoms with van der Waals surface area (Å²) in [6.45, 7) is 0. The maximum Gasteiger partial charge on any atom is 0.235 e. The first kappa shape index (κ1) is 11.5. The molecule has 16 heavy (non-hydrogen) atoms. The maximum atomic E-state index is 10.6. The lowest BCUT2D eigenvalue weighted by Crippen LogP contribution is -2.27. The van der Waals surface area contributed by atoms with Crippen LogP contribution in [0.4, 0.5) is 0 Å². The Balaban J connectivity index is 2.42. The van der Waals surface area contributed by atoms with Crippen molar-refractivity contribution in [3.05, 3.63) is 28.5 Å². The fourth-order valence-electron chi connectivity index (χ4n) is 2.31. The number of isocyanates is 1. The van der Waals surface area contributed by atoms with E-state index in [1.54, 1.807) is 12.3 Å². The Hall–Kier alpha value is -0.990. The van der Waals surface area contributed by atoms with Crippen LogP contribution < -0.4 is 0 Å². The molecule has 4 heteroatoms. The van der Waals surface area contributed by atoms with E-state index < -0.39 is 5.54 Å². The maximum absolute atomic E-state index is 10.6. The molecule has 0 N–H and O–H groups in total. The second-order valence-corrected chi connectivity index (χ2v) is 5.07. The van der Waals surface area contributed by atoms with Crippen molar-refractivity contribution in [2.24, 2.45) is 4.99 Å². The van der Waals surface area contributed by atoms with Gasteiger partial charge in [-0.3, -0.25) is 4.98 Å². The van der Waals surface area contributed by atoms with Crippen LogP contribution in [0.5, 0.6) is 0 Å². The number of rotatable bonds is 2. The van der Waals surface area contributed by atoms with Crippen molar-refractivity contribution in [2.75, 3.05) is 0 Å². The molecule has 84 valence electrons. The van der Waals surface area contributed by atoms with Crippen LogP contribution in [-0.2, 0) is 10.3 Å². The molecule has 0 spiro atoms. The number of aromatic nitrogens is 1. The standard InChI is InChI=1S/C12H13BrN2O/c13-10-4-7-14-11(8-10)12(15-9-16)5-2-1-3-6-12/h4,7-8H,1-3,5-6H2. The molecule has 3 nitrogen and oxygen atoms in total. The third-order valence-electron chi connectivity index (χ3n) is 3.14. The van der Waals surface area contributed by atoms with Gasteiger partial charge in [0.2, 0.25) is 6.08 Å². The van der Waals surface area contributed by atoms with Crippen LogP contribution >= 0.6 is 15.9 Å². The summed E-state index contributed by atoms with van der Waals surface area (Å²) in [5.74, 6) is 0. The Morgan fingerprint density at radius 2 is 2.12 bits per heavy atom. The lowest BCUT2D eigenvalue weighted by atomic mass is 9.79. The summed E-state index contributed by atoms with van der Waals surface area (Å²) in [6.07, 6.45) is 8.66. The van der Waals surface area contributed by atoms with Gasteiger partial charge < -0.3 is 0 Å². The molecule has 0 radical (unpaired) electrons. The molecule has 0 bridgehead atoms. The zero-order valence-electron chi connectivity index (χ0n) is 8.95. The summed E-state index contributed by atoms with van der Waals surface area (Å²) in [6, 6.07) is 3.83. The van der Waals surface area contributed by atoms with Crippen molar-refractivity contribution in [3.8, 4) is 0 Å². The minimum atomic E-state index is -0.427. The Labute approximate surface area is 103 Å². The molecule has 0 amide bonds. The molecule has 1 aliphatic rings. The van der Waals surface area contributed by atoms with E-state index in [9.17, 15) is 4.79 Å². The van der Waals surface area contributed by atoms with Crippen molar-refractivity contribution in [1.82, 2.24) is 4.98 Å². The van der Waals surface area contributed by atoms with Gasteiger partial charge in [-0.1, -0.05) is 35.2 Å². The molecule has 0 aliphatic heterocycles. The smallest absolute Gasteiger partial charge is 0.235 e. The number of hydrogen-bond donors (Lipinski definition) is 0. The first-order chi connectivity index (χ1) is 7.77. The fraction of sp³-hybridized carbons (Fsp3) is 0.500. The molecule has 1 saturated carbocycles. The third-order valence-corrected chi connectivity index (χ3v) is 3.63. The Kier molecular flexibility index (Phi) is 3.52. The van der Waals surface area contributed by atoms with E-state index in [2.05, 4.69) is 25.9 Å². The predicted molar refractivity (Wildman–Crippen MR) is 64.8 cm³/mol. The van der Waals surface area contributed by atoms with E-state index in [-0.39, 0.29) is 0 Å². The average Bonchev–Trinajstić information content (AvgIpc) is 2.31. The van der Waals surface area contributed by atoms with Gasteiger partial charge in [0, 0.05) is 10.7 Å². The molecule has 1 heterocycles. The van der Waals surface area contributed by atoms with E-state index in [0.717, 1.165) is 35.8 Å². The highest BCUT2D eigenvalue weighted by molar-refractivity contribution is 9.10. The summed E-state index contributed by atoms with van der Waals surface area (Å²) in [5, 5.41) is 0. The predicted octanol–water partition coefficient (Wildman–Crippen LogP) is 3.34. The number of carbonyl (C=O) groups excluding carboxylic acids is 1. The quantitative estimate of drug-likeness (QED) is 0.616. The molecule has 0 aromatic carbocycles. The Morgan fingerprint density at radius 3 is 2.75 bits per heavy atom. The highest BCUT2D eigenvalue weighted by Gasteiger charge is 2.35. The molecule has 1 fully saturated rings.